The SMILES string of the molecule is CC(C)[C@@H](NC(=O)N(C)Cc1cccc(Cl)c1)C(=O)O. The number of nitrogens with one attached hydrogen (secondary N) is 1. The highest BCUT2D eigenvalue weighted by atomic mass is 35.5. The lowest BCUT2D eigenvalue weighted by Gasteiger charge is -2.23. The van der Waals surface area contributed by atoms with Gasteiger partial charge in [0, 0.05) is 18.6 Å². The molecule has 110 valence electrons. The molecule has 1 aromatic rings. The molecule has 0 bridgehead atoms. The second-order valence-corrected chi connectivity index (χ2v) is 5.43. The van der Waals surface area contributed by atoms with Crippen LogP contribution < -0.4 is 5.32 Å². The highest BCUT2D eigenvalue weighted by Gasteiger charge is 2.24. The minimum absolute atomic E-state index is 0.184. The molecule has 2 N–H and O–H groups in total. The molecule has 0 radical (unpaired) electrons. The van der Waals surface area contributed by atoms with Crippen molar-refractivity contribution in [2.75, 3.05) is 7.05 Å². The first kappa shape index (κ1) is 16.3. The van der Waals surface area contributed by atoms with Crippen LogP contribution in [-0.2, 0) is 11.3 Å². The minimum Gasteiger partial charge on any atom is -0.480 e. The molecule has 2 amide bonds. The van der Waals surface area contributed by atoms with Crippen molar-refractivity contribution in [1.82, 2.24) is 10.2 Å². The van der Waals surface area contributed by atoms with Gasteiger partial charge in [-0.1, -0.05) is 37.6 Å². The molecule has 1 aromatic carbocycles. The Bertz CT molecular complexity index is 491. The summed E-state index contributed by atoms with van der Waals surface area (Å²) in [5.41, 5.74) is 0.881. The molecule has 0 heterocycles. The normalized spacial score (nSPS) is 12.1. The number of aliphatic carboxylic acids is 1. The predicted molar refractivity (Wildman–Crippen MR) is 77.7 cm³/mol. The number of carboxylic acid groups (broad SMARTS) is 1. The standard InChI is InChI=1S/C14H19ClN2O3/c1-9(2)12(13(18)19)16-14(20)17(3)8-10-5-4-6-11(15)7-10/h4-7,9,12H,8H2,1-3H3,(H,16,20)(H,18,19)/t12-/m1/s1. The van der Waals surface area contributed by atoms with E-state index in [0.29, 0.717) is 11.6 Å². The molecule has 0 aliphatic heterocycles. The van der Waals surface area contributed by atoms with E-state index in [2.05, 4.69) is 5.32 Å². The van der Waals surface area contributed by atoms with Gasteiger partial charge in [-0.15, -0.1) is 0 Å². The largest absolute Gasteiger partial charge is 0.480 e. The molecule has 0 aliphatic rings. The summed E-state index contributed by atoms with van der Waals surface area (Å²) in [7, 11) is 1.61. The van der Waals surface area contributed by atoms with Gasteiger partial charge < -0.3 is 15.3 Å². The lowest BCUT2D eigenvalue weighted by Crippen LogP contribution is -2.48. The Morgan fingerprint density at radius 2 is 2.05 bits per heavy atom. The van der Waals surface area contributed by atoms with Gasteiger partial charge in [0.15, 0.2) is 0 Å². The van der Waals surface area contributed by atoms with Gasteiger partial charge in [-0.2, -0.15) is 0 Å². The Kier molecular flexibility index (Phi) is 5.82. The molecule has 0 spiro atoms. The van der Waals surface area contributed by atoms with Gasteiger partial charge in [0.2, 0.25) is 0 Å². The van der Waals surface area contributed by atoms with Crippen LogP contribution in [0.2, 0.25) is 5.02 Å². The third kappa shape index (κ3) is 4.74. The zero-order valence-electron chi connectivity index (χ0n) is 11.8. The van der Waals surface area contributed by atoms with Gasteiger partial charge in [-0.3, -0.25) is 0 Å². The maximum absolute atomic E-state index is 12.0. The van der Waals surface area contributed by atoms with Crippen LogP contribution in [0.15, 0.2) is 24.3 Å². The molecule has 0 saturated heterocycles. The number of carbonyl (C=O) groups excluding carboxylic acids is 1. The predicted octanol–water partition coefficient (Wildman–Crippen LogP) is 2.59. The van der Waals surface area contributed by atoms with Crippen molar-refractivity contribution in [2.45, 2.75) is 26.4 Å². The number of hydrogen-bond acceptors (Lipinski definition) is 2. The smallest absolute Gasteiger partial charge is 0.326 e. The third-order valence-electron chi connectivity index (χ3n) is 2.87. The van der Waals surface area contributed by atoms with Crippen LogP contribution in [0.3, 0.4) is 0 Å². The number of carbonyl (C=O) groups is 2. The molecule has 1 rings (SSSR count). The summed E-state index contributed by atoms with van der Waals surface area (Å²) in [5, 5.41) is 12.2. The minimum atomic E-state index is -1.04. The van der Waals surface area contributed by atoms with Crippen LogP contribution in [0, 0.1) is 5.92 Å². The van der Waals surface area contributed by atoms with E-state index in [9.17, 15) is 9.59 Å². The number of amides is 2. The lowest BCUT2D eigenvalue weighted by atomic mass is 10.1. The molecule has 0 aromatic heterocycles. The number of rotatable bonds is 5. The quantitative estimate of drug-likeness (QED) is 0.878. The summed E-state index contributed by atoms with van der Waals surface area (Å²) in [6.45, 7) is 3.85. The van der Waals surface area contributed by atoms with E-state index in [1.54, 1.807) is 39.1 Å². The van der Waals surface area contributed by atoms with E-state index in [1.807, 2.05) is 6.07 Å². The number of urea groups is 1. The van der Waals surface area contributed by atoms with Gasteiger partial charge >= 0.3 is 12.0 Å². The van der Waals surface area contributed by atoms with Crippen molar-refractivity contribution in [3.05, 3.63) is 34.9 Å². The third-order valence-corrected chi connectivity index (χ3v) is 3.10. The first-order chi connectivity index (χ1) is 9.31. The van der Waals surface area contributed by atoms with E-state index < -0.39 is 18.0 Å². The zero-order valence-corrected chi connectivity index (χ0v) is 12.5. The highest BCUT2D eigenvalue weighted by molar-refractivity contribution is 6.30. The maximum Gasteiger partial charge on any atom is 0.326 e. The summed E-state index contributed by atoms with van der Waals surface area (Å²) in [6, 6.07) is 5.85. The van der Waals surface area contributed by atoms with Crippen LogP contribution in [0.4, 0.5) is 4.79 Å². The van der Waals surface area contributed by atoms with Crippen LogP contribution in [0.5, 0.6) is 0 Å². The molecule has 0 fully saturated rings. The van der Waals surface area contributed by atoms with Crippen molar-refractivity contribution in [3.63, 3.8) is 0 Å². The zero-order chi connectivity index (χ0) is 15.3. The second kappa shape index (κ2) is 7.14. The molecule has 20 heavy (non-hydrogen) atoms. The fraction of sp³-hybridized carbons (Fsp3) is 0.429. The van der Waals surface area contributed by atoms with Gasteiger partial charge in [0.25, 0.3) is 0 Å². The van der Waals surface area contributed by atoms with Gasteiger partial charge in [-0.25, -0.2) is 9.59 Å². The van der Waals surface area contributed by atoms with Gasteiger partial charge in [-0.05, 0) is 23.6 Å². The maximum atomic E-state index is 12.0. The average molecular weight is 299 g/mol. The van der Waals surface area contributed by atoms with Gasteiger partial charge in [0.1, 0.15) is 6.04 Å². The summed E-state index contributed by atoms with van der Waals surface area (Å²) < 4.78 is 0. The Hall–Kier alpha value is -1.75. The number of nitrogens with zero attached hydrogens (tertiary/aromatic N) is 1. The first-order valence-electron chi connectivity index (χ1n) is 6.30. The van der Waals surface area contributed by atoms with Crippen LogP contribution in [0.1, 0.15) is 19.4 Å². The number of hydrogen-bond donors (Lipinski definition) is 2. The summed E-state index contributed by atoms with van der Waals surface area (Å²) in [6.07, 6.45) is 0. The van der Waals surface area contributed by atoms with Crippen LogP contribution in [0.25, 0.3) is 0 Å². The fourth-order valence-electron chi connectivity index (χ4n) is 1.74. The Balaban J connectivity index is 2.65. The second-order valence-electron chi connectivity index (χ2n) is 5.00. The Morgan fingerprint density at radius 1 is 1.40 bits per heavy atom. The summed E-state index contributed by atoms with van der Waals surface area (Å²) in [5.74, 6) is -1.22. The Labute approximate surface area is 123 Å². The molecule has 5 nitrogen and oxygen atoms in total. The van der Waals surface area contributed by atoms with Crippen molar-refractivity contribution >= 4 is 23.6 Å². The van der Waals surface area contributed by atoms with Crippen LogP contribution in [-0.4, -0.2) is 35.1 Å². The van der Waals surface area contributed by atoms with E-state index in [1.165, 1.54) is 4.90 Å². The molecule has 0 aliphatic carbocycles. The van der Waals surface area contributed by atoms with Crippen molar-refractivity contribution < 1.29 is 14.7 Å². The fourth-order valence-corrected chi connectivity index (χ4v) is 1.95. The summed E-state index contributed by atoms with van der Waals surface area (Å²) in [4.78, 5) is 24.4. The van der Waals surface area contributed by atoms with E-state index in [0.717, 1.165) is 5.56 Å². The topological polar surface area (TPSA) is 69.6 Å². The van der Waals surface area contributed by atoms with Crippen molar-refractivity contribution in [2.24, 2.45) is 5.92 Å². The number of benzene rings is 1. The van der Waals surface area contributed by atoms with E-state index in [4.69, 9.17) is 16.7 Å². The Morgan fingerprint density at radius 3 is 2.55 bits per heavy atom. The van der Waals surface area contributed by atoms with Gasteiger partial charge in [0.05, 0.1) is 0 Å². The van der Waals surface area contributed by atoms with Crippen LogP contribution >= 0.6 is 11.6 Å². The number of carboxylic acids is 1. The van der Waals surface area contributed by atoms with E-state index >= 15 is 0 Å². The first-order valence-corrected chi connectivity index (χ1v) is 6.68. The van der Waals surface area contributed by atoms with Crippen molar-refractivity contribution in [1.29, 1.82) is 0 Å². The monoisotopic (exact) mass is 298 g/mol. The molecular formula is C14H19ClN2O3. The van der Waals surface area contributed by atoms with E-state index in [-0.39, 0.29) is 5.92 Å². The lowest BCUT2D eigenvalue weighted by molar-refractivity contribution is -0.140. The van der Waals surface area contributed by atoms with Crippen molar-refractivity contribution in [3.8, 4) is 0 Å². The average Bonchev–Trinajstić information content (AvgIpc) is 2.34. The molecule has 0 unspecified atom stereocenters. The molecule has 0 saturated carbocycles. The number of halogens is 1. The molecule has 1 atom stereocenters. The molecule has 6 heteroatoms. The summed E-state index contributed by atoms with van der Waals surface area (Å²) >= 11 is 5.88. The highest BCUT2D eigenvalue weighted by Crippen LogP contribution is 2.12. The molecular weight excluding hydrogens is 280 g/mol.